The first-order chi connectivity index (χ1) is 5.77. The molecule has 0 unspecified atom stereocenters. The lowest BCUT2D eigenvalue weighted by atomic mass is 10.1. The number of fused-ring (bicyclic) bond motifs is 1. The van der Waals surface area contributed by atoms with Gasteiger partial charge >= 0.3 is 6.09 Å². The maximum Gasteiger partial charge on any atom is 0.407 e. The number of carboxylic acid groups (broad SMARTS) is 1. The van der Waals surface area contributed by atoms with E-state index < -0.39 is 6.09 Å². The Balaban J connectivity index is 2.21. The van der Waals surface area contributed by atoms with Gasteiger partial charge in [0.05, 0.1) is 18.5 Å². The number of hydrogen-bond acceptors (Lipinski definition) is 3. The second kappa shape index (κ2) is 2.44. The molecule has 0 atom stereocenters. The van der Waals surface area contributed by atoms with E-state index in [1.807, 2.05) is 6.08 Å². The third kappa shape index (κ3) is 0.990. The molecule has 62 valence electrons. The summed E-state index contributed by atoms with van der Waals surface area (Å²) in [4.78, 5) is 11.8. The maximum absolute atomic E-state index is 10.5. The lowest BCUT2D eigenvalue weighted by molar-refractivity contribution is 0.156. The Hall–Kier alpha value is -1.65. The van der Waals surface area contributed by atoms with Gasteiger partial charge in [-0.2, -0.15) is 10.2 Å². The van der Waals surface area contributed by atoms with E-state index in [4.69, 9.17) is 5.11 Å². The molecule has 0 aromatic rings. The molecule has 0 saturated carbocycles. The van der Waals surface area contributed by atoms with Gasteiger partial charge in [0.25, 0.3) is 0 Å². The first-order valence-corrected chi connectivity index (χ1v) is 3.55. The highest BCUT2D eigenvalue weighted by molar-refractivity contribution is 6.20. The molecule has 0 spiro atoms. The van der Waals surface area contributed by atoms with Crippen molar-refractivity contribution in [1.29, 1.82) is 0 Å². The minimum Gasteiger partial charge on any atom is -0.465 e. The van der Waals surface area contributed by atoms with Gasteiger partial charge in [0.1, 0.15) is 0 Å². The molecule has 0 saturated heterocycles. The Kier molecular flexibility index (Phi) is 1.43. The van der Waals surface area contributed by atoms with E-state index in [1.165, 1.54) is 4.90 Å². The largest absolute Gasteiger partial charge is 0.465 e. The van der Waals surface area contributed by atoms with E-state index in [0.717, 1.165) is 11.3 Å². The standard InChI is InChI=1S/C7H7N3O2/c11-7(12)10-2-1-5-3-8-9-6(5)4-10/h1,3H,2,4H2,(H,11,12). The highest BCUT2D eigenvalue weighted by atomic mass is 16.4. The maximum atomic E-state index is 10.5. The third-order valence-corrected chi connectivity index (χ3v) is 1.85. The Bertz CT molecular complexity index is 317. The van der Waals surface area contributed by atoms with Crippen molar-refractivity contribution in [2.24, 2.45) is 10.2 Å². The van der Waals surface area contributed by atoms with Crippen LogP contribution >= 0.6 is 0 Å². The van der Waals surface area contributed by atoms with Crippen LogP contribution in [0, 0.1) is 0 Å². The highest BCUT2D eigenvalue weighted by Crippen LogP contribution is 2.11. The number of nitrogens with zero attached hydrogens (tertiary/aromatic N) is 3. The van der Waals surface area contributed by atoms with Crippen LogP contribution in [-0.4, -0.2) is 41.1 Å². The number of amides is 1. The van der Waals surface area contributed by atoms with Crippen LogP contribution in [0.1, 0.15) is 0 Å². The Morgan fingerprint density at radius 3 is 3.25 bits per heavy atom. The van der Waals surface area contributed by atoms with E-state index in [9.17, 15) is 4.79 Å². The highest BCUT2D eigenvalue weighted by Gasteiger charge is 2.22. The van der Waals surface area contributed by atoms with Gasteiger partial charge in [-0.1, -0.05) is 6.08 Å². The molecule has 0 fully saturated rings. The minimum absolute atomic E-state index is 0.348. The summed E-state index contributed by atoms with van der Waals surface area (Å²) in [5, 5.41) is 16.2. The van der Waals surface area contributed by atoms with E-state index in [2.05, 4.69) is 10.2 Å². The quantitative estimate of drug-likeness (QED) is 0.562. The smallest absolute Gasteiger partial charge is 0.407 e. The predicted octanol–water partition coefficient (Wildman–Crippen LogP) is 0.347. The van der Waals surface area contributed by atoms with Crippen molar-refractivity contribution in [2.45, 2.75) is 0 Å². The van der Waals surface area contributed by atoms with Gasteiger partial charge in [0.2, 0.25) is 0 Å². The van der Waals surface area contributed by atoms with Crippen LogP contribution in [-0.2, 0) is 0 Å². The molecule has 0 aromatic carbocycles. The SMILES string of the molecule is O=C(O)N1CC=C2C=NN=C2C1. The summed E-state index contributed by atoms with van der Waals surface area (Å²) in [6, 6.07) is 0. The van der Waals surface area contributed by atoms with Gasteiger partial charge < -0.3 is 5.11 Å². The molecule has 0 radical (unpaired) electrons. The summed E-state index contributed by atoms with van der Waals surface area (Å²) in [5.74, 6) is 0. The lowest BCUT2D eigenvalue weighted by Crippen LogP contribution is -2.38. The van der Waals surface area contributed by atoms with Crippen molar-refractivity contribution in [3.8, 4) is 0 Å². The summed E-state index contributed by atoms with van der Waals surface area (Å²) >= 11 is 0. The van der Waals surface area contributed by atoms with E-state index >= 15 is 0 Å². The Morgan fingerprint density at radius 2 is 2.50 bits per heavy atom. The molecule has 5 nitrogen and oxygen atoms in total. The molecule has 0 aliphatic carbocycles. The monoisotopic (exact) mass is 165 g/mol. The molecule has 2 aliphatic rings. The molecule has 1 amide bonds. The van der Waals surface area contributed by atoms with Crippen LogP contribution in [0.25, 0.3) is 0 Å². The van der Waals surface area contributed by atoms with E-state index in [1.54, 1.807) is 6.21 Å². The first-order valence-electron chi connectivity index (χ1n) is 3.55. The fraction of sp³-hybridized carbons (Fsp3) is 0.286. The number of carbonyl (C=O) groups is 1. The Morgan fingerprint density at radius 1 is 1.67 bits per heavy atom. The summed E-state index contributed by atoms with van der Waals surface area (Å²) < 4.78 is 0. The van der Waals surface area contributed by atoms with Gasteiger partial charge in [-0.25, -0.2) is 4.79 Å². The van der Waals surface area contributed by atoms with Crippen LogP contribution in [0.5, 0.6) is 0 Å². The molecule has 1 N–H and O–H groups in total. The van der Waals surface area contributed by atoms with Gasteiger partial charge in [-0.05, 0) is 0 Å². The summed E-state index contributed by atoms with van der Waals surface area (Å²) in [5.41, 5.74) is 1.69. The number of hydrogen-bond donors (Lipinski definition) is 1. The molecule has 2 aliphatic heterocycles. The van der Waals surface area contributed by atoms with Crippen LogP contribution in [0.2, 0.25) is 0 Å². The number of rotatable bonds is 0. The van der Waals surface area contributed by atoms with Gasteiger partial charge in [0.15, 0.2) is 0 Å². The molecule has 0 bridgehead atoms. The zero-order valence-electron chi connectivity index (χ0n) is 6.27. The predicted molar refractivity (Wildman–Crippen MR) is 43.6 cm³/mol. The zero-order valence-corrected chi connectivity index (χ0v) is 6.27. The third-order valence-electron chi connectivity index (χ3n) is 1.85. The van der Waals surface area contributed by atoms with Crippen LogP contribution in [0.15, 0.2) is 21.9 Å². The second-order valence-electron chi connectivity index (χ2n) is 2.61. The average molecular weight is 165 g/mol. The minimum atomic E-state index is -0.917. The normalized spacial score (nSPS) is 20.2. The van der Waals surface area contributed by atoms with E-state index in [-0.39, 0.29) is 0 Å². The van der Waals surface area contributed by atoms with Gasteiger partial charge in [-0.15, -0.1) is 0 Å². The fourth-order valence-electron chi connectivity index (χ4n) is 1.19. The molecule has 5 heteroatoms. The van der Waals surface area contributed by atoms with Crippen molar-refractivity contribution in [3.63, 3.8) is 0 Å². The molecule has 2 rings (SSSR count). The lowest BCUT2D eigenvalue weighted by Gasteiger charge is -2.21. The summed E-state index contributed by atoms with van der Waals surface area (Å²) in [6.07, 6.45) is 2.54. The van der Waals surface area contributed by atoms with Crippen LogP contribution in [0.3, 0.4) is 0 Å². The molecule has 12 heavy (non-hydrogen) atoms. The summed E-state index contributed by atoms with van der Waals surface area (Å²) in [6.45, 7) is 0.775. The topological polar surface area (TPSA) is 65.3 Å². The summed E-state index contributed by atoms with van der Waals surface area (Å²) in [7, 11) is 0. The van der Waals surface area contributed by atoms with Crippen LogP contribution in [0.4, 0.5) is 4.79 Å². The van der Waals surface area contributed by atoms with Crippen molar-refractivity contribution in [1.82, 2.24) is 4.90 Å². The fourth-order valence-corrected chi connectivity index (χ4v) is 1.19. The van der Waals surface area contributed by atoms with Crippen molar-refractivity contribution in [2.75, 3.05) is 13.1 Å². The van der Waals surface area contributed by atoms with E-state index in [0.29, 0.717) is 13.1 Å². The van der Waals surface area contributed by atoms with Crippen molar-refractivity contribution in [3.05, 3.63) is 11.6 Å². The van der Waals surface area contributed by atoms with Crippen LogP contribution < -0.4 is 0 Å². The average Bonchev–Trinajstić information content (AvgIpc) is 2.49. The first kappa shape index (κ1) is 7.02. The second-order valence-corrected chi connectivity index (χ2v) is 2.61. The molecule has 2 heterocycles. The van der Waals surface area contributed by atoms with Crippen molar-refractivity contribution < 1.29 is 9.90 Å². The Labute approximate surface area is 68.7 Å². The van der Waals surface area contributed by atoms with Gasteiger partial charge in [-0.3, -0.25) is 4.90 Å². The molecular weight excluding hydrogens is 158 g/mol. The molecular formula is C7H7N3O2. The van der Waals surface area contributed by atoms with Crippen molar-refractivity contribution >= 4 is 18.0 Å². The zero-order chi connectivity index (χ0) is 8.55. The van der Waals surface area contributed by atoms with Gasteiger partial charge in [0, 0.05) is 12.1 Å². The molecule has 0 aromatic heterocycles.